The van der Waals surface area contributed by atoms with Crippen molar-refractivity contribution in [3.63, 3.8) is 0 Å². The maximum Gasteiger partial charge on any atom is 0.227 e. The molecular formula is C25H35N5O3. The van der Waals surface area contributed by atoms with Crippen LogP contribution in [0.4, 0.5) is 0 Å². The van der Waals surface area contributed by atoms with Crippen LogP contribution in [0.1, 0.15) is 75.6 Å². The highest BCUT2D eigenvalue weighted by Crippen LogP contribution is 2.34. The standard InChI is InChI=1S/C25H35N5O3/c1-19(31)28-25(14-7-2-3-8-15-25)24-27-23(33-29-24)12-11-22(32)26-21-13-16-30(18-21)17-20-9-5-4-6-10-20/h4-6,9-10,21H,2-3,7-8,11-18H2,1H3,(H,26,32)(H,28,31). The van der Waals surface area contributed by atoms with Crippen LogP contribution in [0.5, 0.6) is 0 Å². The van der Waals surface area contributed by atoms with E-state index in [1.807, 2.05) is 6.07 Å². The fourth-order valence-electron chi connectivity index (χ4n) is 5.08. The van der Waals surface area contributed by atoms with E-state index in [1.165, 1.54) is 12.5 Å². The Kier molecular flexibility index (Phi) is 7.75. The van der Waals surface area contributed by atoms with Crippen LogP contribution < -0.4 is 10.6 Å². The van der Waals surface area contributed by atoms with Crippen molar-refractivity contribution in [2.75, 3.05) is 13.1 Å². The van der Waals surface area contributed by atoms with Gasteiger partial charge in [0.15, 0.2) is 5.82 Å². The predicted molar refractivity (Wildman–Crippen MR) is 124 cm³/mol. The van der Waals surface area contributed by atoms with Crippen molar-refractivity contribution in [2.45, 2.75) is 82.8 Å². The number of likely N-dealkylation sites (tertiary alicyclic amines) is 1. The van der Waals surface area contributed by atoms with Crippen LogP contribution in [-0.2, 0) is 28.1 Å². The van der Waals surface area contributed by atoms with Crippen LogP contribution in [0.15, 0.2) is 34.9 Å². The van der Waals surface area contributed by atoms with Crippen molar-refractivity contribution in [3.8, 4) is 0 Å². The summed E-state index contributed by atoms with van der Waals surface area (Å²) in [4.78, 5) is 31.3. The van der Waals surface area contributed by atoms with E-state index in [1.54, 1.807) is 0 Å². The van der Waals surface area contributed by atoms with E-state index in [4.69, 9.17) is 4.52 Å². The topological polar surface area (TPSA) is 100 Å². The number of benzene rings is 1. The summed E-state index contributed by atoms with van der Waals surface area (Å²) in [6.07, 6.45) is 7.64. The van der Waals surface area contributed by atoms with Crippen molar-refractivity contribution in [1.29, 1.82) is 0 Å². The molecule has 0 spiro atoms. The highest BCUT2D eigenvalue weighted by atomic mass is 16.5. The lowest BCUT2D eigenvalue weighted by molar-refractivity contribution is -0.122. The average molecular weight is 454 g/mol. The first-order valence-corrected chi connectivity index (χ1v) is 12.2. The predicted octanol–water partition coefficient (Wildman–Crippen LogP) is 3.08. The number of carbonyl (C=O) groups excluding carboxylic acids is 2. The molecule has 1 aliphatic carbocycles. The molecule has 0 bridgehead atoms. The minimum Gasteiger partial charge on any atom is -0.352 e. The van der Waals surface area contributed by atoms with Gasteiger partial charge in [-0.3, -0.25) is 14.5 Å². The molecule has 2 fully saturated rings. The second-order valence-electron chi connectivity index (χ2n) is 9.46. The quantitative estimate of drug-likeness (QED) is 0.596. The molecule has 2 amide bonds. The summed E-state index contributed by atoms with van der Waals surface area (Å²) >= 11 is 0. The Balaban J connectivity index is 1.26. The van der Waals surface area contributed by atoms with E-state index in [2.05, 4.69) is 49.9 Å². The molecule has 178 valence electrons. The first-order chi connectivity index (χ1) is 16.0. The molecule has 1 aromatic carbocycles. The second kappa shape index (κ2) is 10.9. The molecule has 1 saturated carbocycles. The number of nitrogens with zero attached hydrogens (tertiary/aromatic N) is 3. The van der Waals surface area contributed by atoms with Crippen LogP contribution in [-0.4, -0.2) is 46.0 Å². The lowest BCUT2D eigenvalue weighted by atomic mass is 9.89. The summed E-state index contributed by atoms with van der Waals surface area (Å²) in [6, 6.07) is 10.6. The lowest BCUT2D eigenvalue weighted by Crippen LogP contribution is -2.45. The van der Waals surface area contributed by atoms with E-state index >= 15 is 0 Å². The fraction of sp³-hybridized carbons (Fsp3) is 0.600. The molecule has 4 rings (SSSR count). The number of nitrogens with one attached hydrogen (secondary N) is 2. The van der Waals surface area contributed by atoms with Gasteiger partial charge in [-0.05, 0) is 24.8 Å². The summed E-state index contributed by atoms with van der Waals surface area (Å²) in [5, 5.41) is 10.4. The third-order valence-electron chi connectivity index (χ3n) is 6.72. The van der Waals surface area contributed by atoms with Gasteiger partial charge in [-0.2, -0.15) is 4.98 Å². The minimum atomic E-state index is -0.557. The third-order valence-corrected chi connectivity index (χ3v) is 6.72. The van der Waals surface area contributed by atoms with E-state index in [0.29, 0.717) is 24.6 Å². The molecule has 2 aliphatic rings. The van der Waals surface area contributed by atoms with Crippen molar-refractivity contribution < 1.29 is 14.1 Å². The number of amides is 2. The largest absolute Gasteiger partial charge is 0.352 e. The van der Waals surface area contributed by atoms with E-state index in [9.17, 15) is 9.59 Å². The summed E-state index contributed by atoms with van der Waals surface area (Å²) in [7, 11) is 0. The molecule has 2 heterocycles. The Labute approximate surface area is 195 Å². The van der Waals surface area contributed by atoms with Gasteiger partial charge in [0.25, 0.3) is 0 Å². The van der Waals surface area contributed by atoms with Gasteiger partial charge >= 0.3 is 0 Å². The molecule has 2 N–H and O–H groups in total. The zero-order chi connectivity index (χ0) is 23.1. The first kappa shape index (κ1) is 23.4. The summed E-state index contributed by atoms with van der Waals surface area (Å²) in [5.74, 6) is 0.918. The minimum absolute atomic E-state index is 0.00681. The number of carbonyl (C=O) groups is 2. The molecule has 2 aromatic rings. The fourth-order valence-corrected chi connectivity index (χ4v) is 5.08. The van der Waals surface area contributed by atoms with E-state index in [-0.39, 0.29) is 17.9 Å². The van der Waals surface area contributed by atoms with Gasteiger partial charge in [0.1, 0.15) is 5.54 Å². The van der Waals surface area contributed by atoms with Crippen molar-refractivity contribution in [1.82, 2.24) is 25.7 Å². The van der Waals surface area contributed by atoms with Crippen molar-refractivity contribution in [2.24, 2.45) is 0 Å². The number of hydrogen-bond acceptors (Lipinski definition) is 6. The SMILES string of the molecule is CC(=O)NC1(c2noc(CCC(=O)NC3CCN(Cc4ccccc4)C3)n2)CCCCCC1. The number of aryl methyl sites for hydroxylation is 1. The Bertz CT molecular complexity index is 921. The lowest BCUT2D eigenvalue weighted by Gasteiger charge is -2.30. The third kappa shape index (κ3) is 6.41. The van der Waals surface area contributed by atoms with Crippen LogP contribution in [0.25, 0.3) is 0 Å². The molecule has 1 aliphatic heterocycles. The molecular weight excluding hydrogens is 418 g/mol. The van der Waals surface area contributed by atoms with Gasteiger partial charge in [-0.25, -0.2) is 0 Å². The maximum atomic E-state index is 12.5. The van der Waals surface area contributed by atoms with Gasteiger partial charge in [0, 0.05) is 45.4 Å². The Hall–Kier alpha value is -2.74. The van der Waals surface area contributed by atoms with Crippen molar-refractivity contribution >= 4 is 11.8 Å². The number of hydrogen-bond donors (Lipinski definition) is 2. The summed E-state index contributed by atoms with van der Waals surface area (Å²) in [5.41, 5.74) is 0.737. The van der Waals surface area contributed by atoms with Crippen LogP contribution in [0, 0.1) is 0 Å². The number of aromatic nitrogens is 2. The summed E-state index contributed by atoms with van der Waals surface area (Å²) < 4.78 is 5.47. The molecule has 1 aromatic heterocycles. The zero-order valence-corrected chi connectivity index (χ0v) is 19.5. The van der Waals surface area contributed by atoms with Gasteiger partial charge in [0.2, 0.25) is 17.7 Å². The second-order valence-corrected chi connectivity index (χ2v) is 9.46. The van der Waals surface area contributed by atoms with Crippen molar-refractivity contribution in [3.05, 3.63) is 47.6 Å². The van der Waals surface area contributed by atoms with Crippen LogP contribution >= 0.6 is 0 Å². The zero-order valence-electron chi connectivity index (χ0n) is 19.5. The normalized spacial score (nSPS) is 20.8. The number of rotatable bonds is 8. The van der Waals surface area contributed by atoms with Gasteiger partial charge in [-0.1, -0.05) is 61.2 Å². The van der Waals surface area contributed by atoms with Crippen LogP contribution in [0.2, 0.25) is 0 Å². The maximum absolute atomic E-state index is 12.5. The Morgan fingerprint density at radius 2 is 1.91 bits per heavy atom. The monoisotopic (exact) mass is 453 g/mol. The van der Waals surface area contributed by atoms with E-state index in [0.717, 1.165) is 64.6 Å². The molecule has 8 nitrogen and oxygen atoms in total. The van der Waals surface area contributed by atoms with Crippen LogP contribution in [0.3, 0.4) is 0 Å². The molecule has 8 heteroatoms. The van der Waals surface area contributed by atoms with Gasteiger partial charge in [-0.15, -0.1) is 0 Å². The highest BCUT2D eigenvalue weighted by molar-refractivity contribution is 5.76. The molecule has 1 atom stereocenters. The molecule has 0 radical (unpaired) electrons. The van der Waals surface area contributed by atoms with Gasteiger partial charge < -0.3 is 15.2 Å². The van der Waals surface area contributed by atoms with E-state index < -0.39 is 5.54 Å². The average Bonchev–Trinajstić information content (AvgIpc) is 3.38. The molecule has 33 heavy (non-hydrogen) atoms. The first-order valence-electron chi connectivity index (χ1n) is 12.2. The molecule has 1 unspecified atom stereocenters. The molecule has 1 saturated heterocycles. The smallest absolute Gasteiger partial charge is 0.227 e. The Morgan fingerprint density at radius 1 is 1.15 bits per heavy atom. The summed E-state index contributed by atoms with van der Waals surface area (Å²) in [6.45, 7) is 4.29. The highest BCUT2D eigenvalue weighted by Gasteiger charge is 2.38. The van der Waals surface area contributed by atoms with Gasteiger partial charge in [0.05, 0.1) is 0 Å². The Morgan fingerprint density at radius 3 is 2.64 bits per heavy atom.